The quantitative estimate of drug-likeness (QED) is 0.880. The van der Waals surface area contributed by atoms with Gasteiger partial charge in [0.25, 0.3) is 5.91 Å². The minimum Gasteiger partial charge on any atom is -0.332 e. The maximum atomic E-state index is 12.2. The molecule has 1 aliphatic heterocycles. The van der Waals surface area contributed by atoms with Gasteiger partial charge in [0.15, 0.2) is 5.13 Å². The lowest BCUT2D eigenvalue weighted by Gasteiger charge is -2.14. The Labute approximate surface area is 138 Å². The van der Waals surface area contributed by atoms with E-state index in [0.717, 1.165) is 24.3 Å². The van der Waals surface area contributed by atoms with Crippen LogP contribution in [0.4, 0.5) is 15.6 Å². The Morgan fingerprint density at radius 2 is 2.09 bits per heavy atom. The summed E-state index contributed by atoms with van der Waals surface area (Å²) in [6, 6.07) is 8.81. The molecule has 7 heteroatoms. The number of amides is 3. The molecule has 2 N–H and O–H groups in total. The lowest BCUT2D eigenvalue weighted by molar-refractivity contribution is 0.0772. The highest BCUT2D eigenvalue weighted by atomic mass is 32.1. The monoisotopic (exact) mass is 330 g/mol. The molecule has 23 heavy (non-hydrogen) atoms. The van der Waals surface area contributed by atoms with E-state index in [0.29, 0.717) is 23.1 Å². The molecule has 0 spiro atoms. The van der Waals surface area contributed by atoms with Crippen LogP contribution in [0.1, 0.15) is 35.1 Å². The molecule has 0 bridgehead atoms. The topological polar surface area (TPSA) is 74.3 Å². The summed E-state index contributed by atoms with van der Waals surface area (Å²) in [7, 11) is 0. The van der Waals surface area contributed by atoms with Crippen LogP contribution in [0.5, 0.6) is 0 Å². The van der Waals surface area contributed by atoms with E-state index in [-0.39, 0.29) is 11.9 Å². The minimum atomic E-state index is -0.362. The zero-order valence-electron chi connectivity index (χ0n) is 12.8. The number of anilines is 2. The van der Waals surface area contributed by atoms with Crippen LogP contribution >= 0.6 is 11.3 Å². The fraction of sp³-hybridized carbons (Fsp3) is 0.312. The summed E-state index contributed by atoms with van der Waals surface area (Å²) in [6.07, 6.45) is 2.04. The van der Waals surface area contributed by atoms with Gasteiger partial charge < -0.3 is 10.2 Å². The van der Waals surface area contributed by atoms with Crippen LogP contribution in [0, 0.1) is 0 Å². The molecule has 0 aliphatic carbocycles. The molecule has 1 aliphatic rings. The van der Waals surface area contributed by atoms with E-state index in [1.807, 2.05) is 23.1 Å². The Hall–Kier alpha value is -2.41. The number of carbonyl (C=O) groups excluding carboxylic acids is 2. The second kappa shape index (κ2) is 6.78. The number of fused-ring (bicyclic) bond motifs is 1. The van der Waals surface area contributed by atoms with E-state index in [2.05, 4.69) is 22.5 Å². The smallest absolute Gasteiger partial charge is 0.325 e. The SMILES string of the molecule is CCCCN1Cc2sc(NC(=O)Nc3ccccc3)nc2C1=O. The van der Waals surface area contributed by atoms with Crippen molar-refractivity contribution in [1.29, 1.82) is 0 Å². The first-order valence-corrected chi connectivity index (χ1v) is 8.41. The third kappa shape index (κ3) is 3.50. The number of urea groups is 1. The molecule has 120 valence electrons. The Bertz CT molecular complexity index is 714. The third-order valence-electron chi connectivity index (χ3n) is 3.56. The lowest BCUT2D eigenvalue weighted by Crippen LogP contribution is -2.25. The Morgan fingerprint density at radius 1 is 1.30 bits per heavy atom. The van der Waals surface area contributed by atoms with Crippen LogP contribution < -0.4 is 10.6 Å². The third-order valence-corrected chi connectivity index (χ3v) is 4.51. The molecule has 2 heterocycles. The van der Waals surface area contributed by atoms with Gasteiger partial charge in [-0.05, 0) is 18.6 Å². The van der Waals surface area contributed by atoms with Crippen molar-refractivity contribution in [2.45, 2.75) is 26.3 Å². The Kier molecular flexibility index (Phi) is 4.57. The van der Waals surface area contributed by atoms with Crippen LogP contribution in [0.25, 0.3) is 0 Å². The predicted molar refractivity (Wildman–Crippen MR) is 90.8 cm³/mol. The number of nitrogens with zero attached hydrogens (tertiary/aromatic N) is 2. The first kappa shape index (κ1) is 15.5. The minimum absolute atomic E-state index is 0.0405. The van der Waals surface area contributed by atoms with Crippen molar-refractivity contribution in [2.24, 2.45) is 0 Å². The van der Waals surface area contributed by atoms with Gasteiger partial charge in [-0.15, -0.1) is 0 Å². The number of para-hydroxylation sites is 1. The average Bonchev–Trinajstić information content (AvgIpc) is 3.05. The van der Waals surface area contributed by atoms with Crippen LogP contribution in [0.15, 0.2) is 30.3 Å². The van der Waals surface area contributed by atoms with E-state index < -0.39 is 0 Å². The van der Waals surface area contributed by atoms with Crippen molar-refractivity contribution in [3.63, 3.8) is 0 Å². The van der Waals surface area contributed by atoms with E-state index in [1.165, 1.54) is 11.3 Å². The number of benzene rings is 1. The van der Waals surface area contributed by atoms with Crippen molar-refractivity contribution in [3.8, 4) is 0 Å². The van der Waals surface area contributed by atoms with Crippen LogP contribution in [0.2, 0.25) is 0 Å². The highest BCUT2D eigenvalue weighted by Crippen LogP contribution is 2.31. The summed E-state index contributed by atoms with van der Waals surface area (Å²) in [5.74, 6) is -0.0405. The fourth-order valence-electron chi connectivity index (χ4n) is 2.38. The highest BCUT2D eigenvalue weighted by molar-refractivity contribution is 7.16. The van der Waals surface area contributed by atoms with Gasteiger partial charge in [-0.3, -0.25) is 10.1 Å². The zero-order chi connectivity index (χ0) is 16.2. The van der Waals surface area contributed by atoms with Gasteiger partial charge in [0, 0.05) is 12.2 Å². The predicted octanol–water partition coefficient (Wildman–Crippen LogP) is 3.54. The Balaban J connectivity index is 1.61. The van der Waals surface area contributed by atoms with Crippen molar-refractivity contribution >= 4 is 34.1 Å². The second-order valence-electron chi connectivity index (χ2n) is 5.32. The van der Waals surface area contributed by atoms with Crippen LogP contribution in [-0.4, -0.2) is 28.4 Å². The summed E-state index contributed by atoms with van der Waals surface area (Å²) in [6.45, 7) is 3.45. The Morgan fingerprint density at radius 3 is 2.78 bits per heavy atom. The number of aromatic nitrogens is 1. The summed E-state index contributed by atoms with van der Waals surface area (Å²) >= 11 is 1.36. The van der Waals surface area contributed by atoms with Gasteiger partial charge >= 0.3 is 6.03 Å². The molecule has 2 aromatic rings. The average molecular weight is 330 g/mol. The number of rotatable bonds is 5. The molecule has 0 saturated carbocycles. The molecule has 1 aromatic carbocycles. The van der Waals surface area contributed by atoms with Gasteiger partial charge in [0.05, 0.1) is 11.4 Å². The summed E-state index contributed by atoms with van der Waals surface area (Å²) in [5, 5.41) is 5.86. The van der Waals surface area contributed by atoms with Crippen LogP contribution in [-0.2, 0) is 6.54 Å². The second-order valence-corrected chi connectivity index (χ2v) is 6.40. The van der Waals surface area contributed by atoms with E-state index in [4.69, 9.17) is 0 Å². The van der Waals surface area contributed by atoms with Gasteiger partial charge in [-0.2, -0.15) is 0 Å². The van der Waals surface area contributed by atoms with Crippen molar-refractivity contribution in [3.05, 3.63) is 40.9 Å². The largest absolute Gasteiger partial charge is 0.332 e. The van der Waals surface area contributed by atoms with E-state index in [1.54, 1.807) is 12.1 Å². The van der Waals surface area contributed by atoms with Crippen molar-refractivity contribution in [2.75, 3.05) is 17.2 Å². The number of nitrogens with one attached hydrogen (secondary N) is 2. The number of hydrogen-bond donors (Lipinski definition) is 2. The molecule has 0 saturated heterocycles. The summed E-state index contributed by atoms with van der Waals surface area (Å²) in [5.41, 5.74) is 1.18. The first-order valence-electron chi connectivity index (χ1n) is 7.59. The number of hydrogen-bond acceptors (Lipinski definition) is 4. The molecule has 0 radical (unpaired) electrons. The standard InChI is InChI=1S/C16H18N4O2S/c1-2-3-9-20-10-12-13(14(20)21)18-16(23-12)19-15(22)17-11-7-5-4-6-8-11/h4-8H,2-3,9-10H2,1H3,(H2,17,18,19,22). The van der Waals surface area contributed by atoms with E-state index >= 15 is 0 Å². The van der Waals surface area contributed by atoms with Crippen LogP contribution in [0.3, 0.4) is 0 Å². The summed E-state index contributed by atoms with van der Waals surface area (Å²) < 4.78 is 0. The zero-order valence-corrected chi connectivity index (χ0v) is 13.7. The lowest BCUT2D eigenvalue weighted by atomic mass is 10.3. The van der Waals surface area contributed by atoms with Gasteiger partial charge in [0.2, 0.25) is 0 Å². The maximum Gasteiger partial charge on any atom is 0.325 e. The normalized spacial score (nSPS) is 13.1. The molecule has 0 atom stereocenters. The number of thiazole rings is 1. The first-order chi connectivity index (χ1) is 11.2. The van der Waals surface area contributed by atoms with Crippen molar-refractivity contribution < 1.29 is 9.59 Å². The molecule has 3 amide bonds. The molecule has 0 unspecified atom stereocenters. The maximum absolute atomic E-state index is 12.2. The molecule has 3 rings (SSSR count). The number of carbonyl (C=O) groups is 2. The van der Waals surface area contributed by atoms with Gasteiger partial charge in [-0.25, -0.2) is 9.78 Å². The van der Waals surface area contributed by atoms with Gasteiger partial charge in [-0.1, -0.05) is 42.9 Å². The fourth-order valence-corrected chi connectivity index (χ4v) is 3.35. The molecular formula is C16H18N4O2S. The highest BCUT2D eigenvalue weighted by Gasteiger charge is 2.31. The summed E-state index contributed by atoms with van der Waals surface area (Å²) in [4.78, 5) is 31.2. The van der Waals surface area contributed by atoms with Crippen molar-refractivity contribution in [1.82, 2.24) is 9.88 Å². The molecule has 6 nitrogen and oxygen atoms in total. The molecule has 0 fully saturated rings. The number of unbranched alkanes of at least 4 members (excludes halogenated alkanes) is 1. The van der Waals surface area contributed by atoms with Gasteiger partial charge in [0.1, 0.15) is 5.69 Å². The van der Waals surface area contributed by atoms with E-state index in [9.17, 15) is 9.59 Å². The molecular weight excluding hydrogens is 312 g/mol. The molecule has 1 aromatic heterocycles.